The zero-order valence-corrected chi connectivity index (χ0v) is 9.86. The normalized spacial score (nSPS) is 53.6. The molecule has 4 aliphatic carbocycles. The van der Waals surface area contributed by atoms with Crippen LogP contribution in [0.4, 0.5) is 0 Å². The number of nitriles is 1. The molecule has 0 amide bonds. The minimum Gasteiger partial charge on any atom is -0.307 e. The van der Waals surface area contributed by atoms with Crippen LogP contribution in [0, 0.1) is 34.6 Å². The second-order valence-corrected chi connectivity index (χ2v) is 6.78. The van der Waals surface area contributed by atoms with Crippen molar-refractivity contribution in [3.05, 3.63) is 0 Å². The highest BCUT2D eigenvalue weighted by Gasteiger charge is 2.59. The topological polar surface area (TPSA) is 27.0 Å². The van der Waals surface area contributed by atoms with Crippen LogP contribution >= 0.6 is 0 Å². The molecule has 16 heavy (non-hydrogen) atoms. The first-order valence-corrected chi connectivity index (χ1v) is 6.97. The minimum absolute atomic E-state index is 0.572. The third-order valence-corrected chi connectivity index (χ3v) is 6.06. The van der Waals surface area contributed by atoms with Gasteiger partial charge in [0.25, 0.3) is 0 Å². The smallest absolute Gasteiger partial charge is 0.179 e. The van der Waals surface area contributed by atoms with Crippen molar-refractivity contribution < 1.29 is 0 Å². The monoisotopic (exact) mass is 216 g/mol. The van der Waals surface area contributed by atoms with E-state index in [0.29, 0.717) is 11.5 Å². The summed E-state index contributed by atoms with van der Waals surface area (Å²) >= 11 is 0. The highest BCUT2D eigenvalue weighted by atomic mass is 15.2. The van der Waals surface area contributed by atoms with Crippen LogP contribution in [0.3, 0.4) is 0 Å². The fraction of sp³-hybridized carbons (Fsp3) is 0.929. The molecule has 4 bridgehead atoms. The van der Waals surface area contributed by atoms with Gasteiger partial charge in [0, 0.05) is 12.6 Å². The molecular formula is C14H20N2. The van der Waals surface area contributed by atoms with Crippen LogP contribution in [-0.2, 0) is 0 Å². The van der Waals surface area contributed by atoms with Gasteiger partial charge in [-0.25, -0.2) is 0 Å². The van der Waals surface area contributed by atoms with Crippen LogP contribution in [0.1, 0.15) is 44.9 Å². The Balaban J connectivity index is 1.66. The molecule has 0 aromatic heterocycles. The number of hydrogen-bond donors (Lipinski definition) is 0. The Bertz CT molecular complexity index is 337. The van der Waals surface area contributed by atoms with Gasteiger partial charge in [-0.15, -0.1) is 0 Å². The fourth-order valence-electron chi connectivity index (χ4n) is 5.80. The van der Waals surface area contributed by atoms with E-state index < -0.39 is 0 Å². The maximum Gasteiger partial charge on any atom is 0.179 e. The summed E-state index contributed by atoms with van der Waals surface area (Å²) in [4.78, 5) is 2.12. The molecule has 2 nitrogen and oxygen atoms in total. The zero-order chi connectivity index (χ0) is 10.8. The Labute approximate surface area is 97.6 Å². The van der Waals surface area contributed by atoms with Gasteiger partial charge in [-0.1, -0.05) is 0 Å². The van der Waals surface area contributed by atoms with Gasteiger partial charge in [0.15, 0.2) is 6.19 Å². The first-order chi connectivity index (χ1) is 7.81. The lowest BCUT2D eigenvalue weighted by atomic mass is 9.65. The third-order valence-electron chi connectivity index (χ3n) is 6.06. The van der Waals surface area contributed by atoms with Crippen molar-refractivity contribution in [1.29, 1.82) is 5.26 Å². The number of nitrogens with zero attached hydrogens (tertiary/aromatic N) is 2. The number of rotatable bonds is 1. The maximum absolute atomic E-state index is 9.24. The third kappa shape index (κ3) is 1.02. The summed E-state index contributed by atoms with van der Waals surface area (Å²) < 4.78 is 0. The molecule has 1 heterocycles. The first-order valence-electron chi connectivity index (χ1n) is 6.97. The molecule has 86 valence electrons. The highest BCUT2D eigenvalue weighted by Crippen LogP contribution is 2.66. The predicted octanol–water partition coefficient (Wildman–Crippen LogP) is 2.76. The van der Waals surface area contributed by atoms with Gasteiger partial charge < -0.3 is 4.90 Å². The van der Waals surface area contributed by atoms with Crippen LogP contribution in [0.15, 0.2) is 0 Å². The van der Waals surface area contributed by atoms with Crippen LogP contribution in [0.25, 0.3) is 0 Å². The molecule has 0 spiro atoms. The Morgan fingerprint density at radius 2 is 1.88 bits per heavy atom. The summed E-state index contributed by atoms with van der Waals surface area (Å²) in [7, 11) is 0. The van der Waals surface area contributed by atoms with E-state index in [1.807, 2.05) is 0 Å². The van der Waals surface area contributed by atoms with Crippen molar-refractivity contribution in [2.45, 2.75) is 51.0 Å². The van der Waals surface area contributed by atoms with E-state index in [9.17, 15) is 5.26 Å². The average molecular weight is 216 g/mol. The number of likely N-dealkylation sites (tertiary alicyclic amines) is 1. The summed E-state index contributed by atoms with van der Waals surface area (Å²) in [5.74, 6) is 3.11. The highest BCUT2D eigenvalue weighted by molar-refractivity contribution is 5.12. The lowest BCUT2D eigenvalue weighted by molar-refractivity contribution is 0.0608. The molecule has 4 saturated carbocycles. The van der Waals surface area contributed by atoms with E-state index in [1.54, 1.807) is 0 Å². The first kappa shape index (κ1) is 9.33. The molecule has 0 radical (unpaired) electrons. The summed E-state index contributed by atoms with van der Waals surface area (Å²) in [5.41, 5.74) is 0.572. The second kappa shape index (κ2) is 2.94. The zero-order valence-electron chi connectivity index (χ0n) is 9.86. The summed E-state index contributed by atoms with van der Waals surface area (Å²) in [5, 5.41) is 9.24. The Morgan fingerprint density at radius 3 is 2.50 bits per heavy atom. The van der Waals surface area contributed by atoms with Gasteiger partial charge in [-0.05, 0) is 68.1 Å². The molecule has 3 unspecified atom stereocenters. The lowest BCUT2D eigenvalue weighted by Crippen LogP contribution is -2.44. The number of hydrogen-bond acceptors (Lipinski definition) is 2. The molecule has 0 N–H and O–H groups in total. The van der Waals surface area contributed by atoms with Gasteiger partial charge in [-0.2, -0.15) is 5.26 Å². The van der Waals surface area contributed by atoms with Gasteiger partial charge in [-0.3, -0.25) is 0 Å². The van der Waals surface area contributed by atoms with Crippen LogP contribution in [0.5, 0.6) is 0 Å². The average Bonchev–Trinajstić information content (AvgIpc) is 2.90. The molecule has 1 saturated heterocycles. The van der Waals surface area contributed by atoms with Crippen molar-refractivity contribution in [3.8, 4) is 6.19 Å². The summed E-state index contributed by atoms with van der Waals surface area (Å²) in [6, 6.07) is 0.619. The molecule has 1 aliphatic heterocycles. The molecule has 5 aliphatic rings. The van der Waals surface area contributed by atoms with E-state index in [0.717, 1.165) is 24.3 Å². The Kier molecular flexibility index (Phi) is 1.72. The Morgan fingerprint density at radius 1 is 1.12 bits per heavy atom. The molecule has 2 heteroatoms. The lowest BCUT2D eigenvalue weighted by Gasteiger charge is -2.44. The van der Waals surface area contributed by atoms with Crippen molar-refractivity contribution in [3.63, 3.8) is 0 Å². The minimum atomic E-state index is 0.572. The van der Waals surface area contributed by atoms with E-state index >= 15 is 0 Å². The van der Waals surface area contributed by atoms with Crippen molar-refractivity contribution >= 4 is 0 Å². The van der Waals surface area contributed by atoms with Gasteiger partial charge in [0.2, 0.25) is 0 Å². The molecule has 5 fully saturated rings. The SMILES string of the molecule is N#CN1CCCC1C12CC3CC(C1)C(C3)C2. The van der Waals surface area contributed by atoms with Crippen molar-refractivity contribution in [2.75, 3.05) is 6.54 Å². The van der Waals surface area contributed by atoms with Gasteiger partial charge in [0.05, 0.1) is 0 Å². The fourth-order valence-corrected chi connectivity index (χ4v) is 5.80. The van der Waals surface area contributed by atoms with E-state index in [4.69, 9.17) is 0 Å². The molecular weight excluding hydrogens is 196 g/mol. The quantitative estimate of drug-likeness (QED) is 0.630. The summed E-state index contributed by atoms with van der Waals surface area (Å²) in [6.07, 6.45) is 12.4. The maximum atomic E-state index is 9.24. The van der Waals surface area contributed by atoms with E-state index in [2.05, 4.69) is 11.1 Å². The summed E-state index contributed by atoms with van der Waals surface area (Å²) in [6.45, 7) is 1.03. The molecule has 5 rings (SSSR count). The van der Waals surface area contributed by atoms with Crippen LogP contribution in [-0.4, -0.2) is 17.5 Å². The van der Waals surface area contributed by atoms with E-state index in [-0.39, 0.29) is 0 Å². The van der Waals surface area contributed by atoms with Gasteiger partial charge in [0.1, 0.15) is 0 Å². The second-order valence-electron chi connectivity index (χ2n) is 6.78. The molecule has 0 aromatic carbocycles. The standard InChI is InChI=1S/C14H20N2/c15-9-16-3-1-2-13(16)14-6-10-4-11(7-14)12(5-10)8-14/h10-13H,1-8H2. The van der Waals surface area contributed by atoms with Crippen molar-refractivity contribution in [2.24, 2.45) is 23.2 Å². The largest absolute Gasteiger partial charge is 0.307 e. The molecule has 3 atom stereocenters. The van der Waals surface area contributed by atoms with Gasteiger partial charge >= 0.3 is 0 Å². The Hall–Kier alpha value is -0.710. The predicted molar refractivity (Wildman–Crippen MR) is 61.3 cm³/mol. The van der Waals surface area contributed by atoms with E-state index in [1.165, 1.54) is 44.9 Å². The van der Waals surface area contributed by atoms with Crippen LogP contribution in [0.2, 0.25) is 0 Å². The van der Waals surface area contributed by atoms with Crippen LogP contribution < -0.4 is 0 Å². The van der Waals surface area contributed by atoms with Crippen molar-refractivity contribution in [1.82, 2.24) is 4.90 Å². The molecule has 0 aromatic rings.